The minimum Gasteiger partial charge on any atom is -0.393 e. The topological polar surface area (TPSA) is 20.2 Å². The van der Waals surface area contributed by atoms with Crippen molar-refractivity contribution in [2.45, 2.75) is 111 Å². The largest absolute Gasteiger partial charge is 0.393 e. The summed E-state index contributed by atoms with van der Waals surface area (Å²) in [5, 5.41) is 10.1. The summed E-state index contributed by atoms with van der Waals surface area (Å²) >= 11 is 0. The first-order valence-electron chi connectivity index (χ1n) is 12.6. The summed E-state index contributed by atoms with van der Waals surface area (Å²) in [7, 11) is 0. The Morgan fingerprint density at radius 2 is 1.63 bits per heavy atom. The molecule has 0 radical (unpaired) electrons. The van der Waals surface area contributed by atoms with Crippen molar-refractivity contribution in [1.29, 1.82) is 0 Å². The van der Waals surface area contributed by atoms with Crippen LogP contribution in [0.5, 0.6) is 0 Å². The van der Waals surface area contributed by atoms with Crippen molar-refractivity contribution in [3.63, 3.8) is 0 Å². The summed E-state index contributed by atoms with van der Waals surface area (Å²) in [5.74, 6) is 7.63. The minimum atomic E-state index is 0.0132. The Morgan fingerprint density at radius 3 is 2.41 bits per heavy atom. The van der Waals surface area contributed by atoms with Crippen molar-refractivity contribution < 1.29 is 5.11 Å². The Labute approximate surface area is 169 Å². The van der Waals surface area contributed by atoms with Crippen molar-refractivity contribution in [2.24, 2.45) is 52.8 Å². The number of rotatable bonds is 5. The molecule has 4 fully saturated rings. The molecule has 0 aromatic rings. The molecule has 0 heterocycles. The average molecular weight is 375 g/mol. The standard InChI is InChI=1S/C26H46O/c1-17(2)6-5-7-18(3)24-12-13-25-23-10-8-19-16-20(27)9-11-21(19)22(23)14-15-26(24,25)4/h17-25,27H,5-16H2,1-4H3/t18-,19+,20+,21+,22-,23-,24-,25+,26-/m1/s1. The lowest BCUT2D eigenvalue weighted by molar-refractivity contribution is -0.0821. The van der Waals surface area contributed by atoms with Crippen LogP contribution in [0, 0.1) is 52.8 Å². The maximum Gasteiger partial charge on any atom is 0.0543 e. The Kier molecular flexibility index (Phi) is 6.00. The average Bonchev–Trinajstić information content (AvgIpc) is 2.98. The van der Waals surface area contributed by atoms with Gasteiger partial charge in [0.2, 0.25) is 0 Å². The first-order chi connectivity index (χ1) is 12.9. The van der Waals surface area contributed by atoms with Gasteiger partial charge in [-0.3, -0.25) is 0 Å². The summed E-state index contributed by atoms with van der Waals surface area (Å²) in [4.78, 5) is 0. The van der Waals surface area contributed by atoms with E-state index in [2.05, 4.69) is 27.7 Å². The third-order valence-electron chi connectivity index (χ3n) is 10.1. The van der Waals surface area contributed by atoms with Gasteiger partial charge in [-0.2, -0.15) is 0 Å². The first kappa shape index (κ1) is 20.2. The third-order valence-corrected chi connectivity index (χ3v) is 10.1. The van der Waals surface area contributed by atoms with Crippen LogP contribution in [0.1, 0.15) is 105 Å². The molecular formula is C26H46O. The normalized spacial score (nSPS) is 48.0. The smallest absolute Gasteiger partial charge is 0.0543 e. The second-order valence-corrected chi connectivity index (χ2v) is 11.9. The molecule has 0 saturated heterocycles. The van der Waals surface area contributed by atoms with Crippen LogP contribution in [0.3, 0.4) is 0 Å². The summed E-state index contributed by atoms with van der Waals surface area (Å²) in [6.07, 6.45) is 16.8. The second kappa shape index (κ2) is 8.00. The van der Waals surface area contributed by atoms with Crippen LogP contribution in [0.25, 0.3) is 0 Å². The molecule has 9 atom stereocenters. The fourth-order valence-electron chi connectivity index (χ4n) is 8.85. The molecule has 1 nitrogen and oxygen atoms in total. The van der Waals surface area contributed by atoms with Crippen LogP contribution in [0.4, 0.5) is 0 Å². The number of aliphatic hydroxyl groups is 1. The second-order valence-electron chi connectivity index (χ2n) is 11.9. The van der Waals surface area contributed by atoms with Crippen LogP contribution in [-0.2, 0) is 0 Å². The first-order valence-corrected chi connectivity index (χ1v) is 12.6. The summed E-state index contributed by atoms with van der Waals surface area (Å²) in [5.41, 5.74) is 0.638. The van der Waals surface area contributed by atoms with E-state index in [1.807, 2.05) is 0 Å². The van der Waals surface area contributed by atoms with E-state index in [0.29, 0.717) is 5.41 Å². The molecule has 4 aliphatic rings. The predicted octanol–water partition coefficient (Wildman–Crippen LogP) is 7.08. The summed E-state index contributed by atoms with van der Waals surface area (Å²) in [6.45, 7) is 10.0. The molecule has 1 N–H and O–H groups in total. The van der Waals surface area contributed by atoms with E-state index < -0.39 is 0 Å². The highest BCUT2D eigenvalue weighted by atomic mass is 16.3. The lowest BCUT2D eigenvalue weighted by Gasteiger charge is -2.56. The van der Waals surface area contributed by atoms with Gasteiger partial charge in [0.15, 0.2) is 0 Å². The van der Waals surface area contributed by atoms with Gasteiger partial charge in [-0.1, -0.05) is 47.0 Å². The van der Waals surface area contributed by atoms with Crippen molar-refractivity contribution in [3.8, 4) is 0 Å². The van der Waals surface area contributed by atoms with Crippen LogP contribution in [0.15, 0.2) is 0 Å². The zero-order valence-electron chi connectivity index (χ0n) is 18.6. The number of hydrogen-bond acceptors (Lipinski definition) is 1. The van der Waals surface area contributed by atoms with Crippen LogP contribution in [0.2, 0.25) is 0 Å². The van der Waals surface area contributed by atoms with E-state index >= 15 is 0 Å². The SMILES string of the molecule is CC(C)CCC[C@@H](C)[C@H]1CC[C@H]2[C@@H]3CC[C@H]4C[C@@H](O)CC[C@@H]4[C@H]3CC[C@]12C. The van der Waals surface area contributed by atoms with Gasteiger partial charge in [0.25, 0.3) is 0 Å². The summed E-state index contributed by atoms with van der Waals surface area (Å²) < 4.78 is 0. The number of fused-ring (bicyclic) bond motifs is 5. The van der Waals surface area contributed by atoms with Gasteiger partial charge < -0.3 is 5.11 Å². The molecule has 4 rings (SSSR count). The number of aliphatic hydroxyl groups excluding tert-OH is 1. The highest BCUT2D eigenvalue weighted by Crippen LogP contribution is 2.65. The molecule has 4 saturated carbocycles. The van der Waals surface area contributed by atoms with Gasteiger partial charge in [0.1, 0.15) is 0 Å². The Balaban J connectivity index is 1.42. The van der Waals surface area contributed by atoms with E-state index in [4.69, 9.17) is 0 Å². The van der Waals surface area contributed by atoms with E-state index in [1.54, 1.807) is 0 Å². The van der Waals surface area contributed by atoms with Crippen LogP contribution < -0.4 is 0 Å². The monoisotopic (exact) mass is 374 g/mol. The quantitative estimate of drug-likeness (QED) is 0.545. The van der Waals surface area contributed by atoms with Gasteiger partial charge in [-0.05, 0) is 111 Å². The van der Waals surface area contributed by atoms with Crippen molar-refractivity contribution >= 4 is 0 Å². The van der Waals surface area contributed by atoms with Gasteiger partial charge in [-0.15, -0.1) is 0 Å². The molecule has 0 bridgehead atoms. The Bertz CT molecular complexity index is 498. The van der Waals surface area contributed by atoms with Crippen LogP contribution >= 0.6 is 0 Å². The Morgan fingerprint density at radius 1 is 0.852 bits per heavy atom. The van der Waals surface area contributed by atoms with E-state index in [1.165, 1.54) is 64.2 Å². The summed E-state index contributed by atoms with van der Waals surface area (Å²) in [6, 6.07) is 0. The molecule has 27 heavy (non-hydrogen) atoms. The molecule has 0 spiro atoms. The minimum absolute atomic E-state index is 0.0132. The molecule has 0 aliphatic heterocycles. The fourth-order valence-corrected chi connectivity index (χ4v) is 8.85. The third kappa shape index (κ3) is 3.76. The molecule has 0 amide bonds. The Hall–Kier alpha value is -0.0400. The van der Waals surface area contributed by atoms with Gasteiger partial charge >= 0.3 is 0 Å². The zero-order valence-corrected chi connectivity index (χ0v) is 18.6. The van der Waals surface area contributed by atoms with E-state index in [0.717, 1.165) is 60.2 Å². The fraction of sp³-hybridized carbons (Fsp3) is 1.00. The lowest BCUT2D eigenvalue weighted by Crippen LogP contribution is -2.49. The maximum atomic E-state index is 10.1. The van der Waals surface area contributed by atoms with E-state index in [9.17, 15) is 5.11 Å². The molecule has 0 aromatic heterocycles. The lowest BCUT2D eigenvalue weighted by atomic mass is 9.49. The molecular weight excluding hydrogens is 328 g/mol. The zero-order chi connectivity index (χ0) is 19.2. The highest BCUT2D eigenvalue weighted by molar-refractivity contribution is 5.06. The highest BCUT2D eigenvalue weighted by Gasteiger charge is 2.57. The van der Waals surface area contributed by atoms with Crippen molar-refractivity contribution in [2.75, 3.05) is 0 Å². The van der Waals surface area contributed by atoms with E-state index in [-0.39, 0.29) is 6.10 Å². The molecule has 0 aromatic carbocycles. The van der Waals surface area contributed by atoms with Crippen LogP contribution in [-0.4, -0.2) is 11.2 Å². The molecule has 0 unspecified atom stereocenters. The molecule has 4 aliphatic carbocycles. The van der Waals surface area contributed by atoms with Gasteiger partial charge in [0, 0.05) is 0 Å². The molecule has 1 heteroatoms. The van der Waals surface area contributed by atoms with Crippen molar-refractivity contribution in [3.05, 3.63) is 0 Å². The maximum absolute atomic E-state index is 10.1. The van der Waals surface area contributed by atoms with Crippen molar-refractivity contribution in [1.82, 2.24) is 0 Å². The van der Waals surface area contributed by atoms with Gasteiger partial charge in [0.05, 0.1) is 6.10 Å². The van der Waals surface area contributed by atoms with Gasteiger partial charge in [-0.25, -0.2) is 0 Å². The number of hydrogen-bond donors (Lipinski definition) is 1. The predicted molar refractivity (Wildman–Crippen MR) is 114 cm³/mol. The molecule has 156 valence electrons.